The van der Waals surface area contributed by atoms with Crippen LogP contribution in [0, 0.1) is 11.3 Å². The van der Waals surface area contributed by atoms with Crippen molar-refractivity contribution < 1.29 is 0 Å². The molecule has 2 fully saturated rings. The van der Waals surface area contributed by atoms with Crippen LogP contribution < -0.4 is 0 Å². The maximum atomic E-state index is 3.39. The monoisotopic (exact) mass is 264 g/mol. The van der Waals surface area contributed by atoms with E-state index in [2.05, 4.69) is 37.9 Å². The summed E-state index contributed by atoms with van der Waals surface area (Å²) in [7, 11) is 0. The highest BCUT2D eigenvalue weighted by molar-refractivity contribution is 9.28. The van der Waals surface area contributed by atoms with Crippen LogP contribution in [0.3, 0.4) is 0 Å². The number of allylic oxidation sites excluding steroid dienone is 1. The van der Waals surface area contributed by atoms with Crippen LogP contribution in [0.1, 0.15) is 25.7 Å². The molecule has 0 atom stereocenters. The summed E-state index contributed by atoms with van der Waals surface area (Å²) in [6.45, 7) is 0. The molecule has 2 aliphatic rings. The largest absolute Gasteiger partial charge is 0.0600 e. The highest BCUT2D eigenvalue weighted by Crippen LogP contribution is 2.63. The van der Waals surface area contributed by atoms with Gasteiger partial charge in [-0.15, -0.1) is 0 Å². The van der Waals surface area contributed by atoms with Crippen LogP contribution in [0.15, 0.2) is 9.47 Å². The molecule has 2 rings (SSSR count). The molecular formula is C8H10Br2. The van der Waals surface area contributed by atoms with Gasteiger partial charge in [-0.05, 0) is 68.9 Å². The summed E-state index contributed by atoms with van der Waals surface area (Å²) in [4.78, 5) is 0. The van der Waals surface area contributed by atoms with E-state index in [9.17, 15) is 0 Å². The van der Waals surface area contributed by atoms with Crippen LogP contribution in [0.25, 0.3) is 0 Å². The summed E-state index contributed by atoms with van der Waals surface area (Å²) in [5.74, 6) is 0.858. The summed E-state index contributed by atoms with van der Waals surface area (Å²) in [5.41, 5.74) is 0.844. The Morgan fingerprint density at radius 2 is 1.90 bits per heavy atom. The second-order valence-corrected chi connectivity index (χ2v) is 6.40. The molecule has 56 valence electrons. The van der Waals surface area contributed by atoms with Gasteiger partial charge in [-0.3, -0.25) is 0 Å². The molecule has 2 aliphatic carbocycles. The van der Waals surface area contributed by atoms with Gasteiger partial charge < -0.3 is 0 Å². The van der Waals surface area contributed by atoms with Crippen molar-refractivity contribution in [1.29, 1.82) is 0 Å². The van der Waals surface area contributed by atoms with Crippen molar-refractivity contribution in [3.8, 4) is 0 Å². The van der Waals surface area contributed by atoms with Crippen molar-refractivity contribution in [3.63, 3.8) is 0 Å². The van der Waals surface area contributed by atoms with Gasteiger partial charge in [0.15, 0.2) is 0 Å². The van der Waals surface area contributed by atoms with Crippen molar-refractivity contribution in [3.05, 3.63) is 9.47 Å². The lowest BCUT2D eigenvalue weighted by Crippen LogP contribution is -2.22. The van der Waals surface area contributed by atoms with Gasteiger partial charge in [0.2, 0.25) is 0 Å². The van der Waals surface area contributed by atoms with Gasteiger partial charge in [-0.1, -0.05) is 6.08 Å². The average Bonchev–Trinajstić information content (AvgIpc) is 2.41. The zero-order chi connectivity index (χ0) is 7.19. The first-order valence-electron chi connectivity index (χ1n) is 3.73. The third-order valence-corrected chi connectivity index (χ3v) is 3.24. The minimum absolute atomic E-state index is 0.844. The van der Waals surface area contributed by atoms with Crippen molar-refractivity contribution >= 4 is 31.9 Å². The Kier molecular flexibility index (Phi) is 1.72. The molecular weight excluding hydrogens is 256 g/mol. The zero-order valence-corrected chi connectivity index (χ0v) is 8.91. The van der Waals surface area contributed by atoms with Crippen molar-refractivity contribution in [2.24, 2.45) is 11.3 Å². The molecule has 0 aromatic carbocycles. The lowest BCUT2D eigenvalue weighted by molar-refractivity contribution is 0.213. The lowest BCUT2D eigenvalue weighted by atomic mass is 9.72. The Balaban J connectivity index is 1.85. The Hall–Kier alpha value is 0.700. The molecule has 0 heterocycles. The van der Waals surface area contributed by atoms with E-state index in [1.807, 2.05) is 0 Å². The van der Waals surface area contributed by atoms with Gasteiger partial charge in [-0.25, -0.2) is 0 Å². The third kappa shape index (κ3) is 1.33. The van der Waals surface area contributed by atoms with Crippen molar-refractivity contribution in [2.75, 3.05) is 0 Å². The van der Waals surface area contributed by atoms with Crippen LogP contribution in [0.5, 0.6) is 0 Å². The third-order valence-electron chi connectivity index (χ3n) is 2.71. The summed E-state index contributed by atoms with van der Waals surface area (Å²) < 4.78 is 1.13. The predicted octanol–water partition coefficient (Wildman–Crippen LogP) is 3.81. The van der Waals surface area contributed by atoms with E-state index in [1.165, 1.54) is 25.7 Å². The Bertz CT molecular complexity index is 168. The molecule has 10 heavy (non-hydrogen) atoms. The fraction of sp³-hybridized carbons (Fsp3) is 0.750. The molecule has 0 aromatic heterocycles. The second kappa shape index (κ2) is 2.34. The molecule has 0 aliphatic heterocycles. The lowest BCUT2D eigenvalue weighted by Gasteiger charge is -2.33. The van der Waals surface area contributed by atoms with Crippen LogP contribution in [0.4, 0.5) is 0 Å². The highest BCUT2D eigenvalue weighted by atomic mass is 79.9. The predicted molar refractivity (Wildman–Crippen MR) is 50.3 cm³/mol. The maximum Gasteiger partial charge on any atom is 0.0567 e. The average molecular weight is 266 g/mol. The molecule has 2 saturated carbocycles. The van der Waals surface area contributed by atoms with Crippen molar-refractivity contribution in [2.45, 2.75) is 25.7 Å². The Morgan fingerprint density at radius 1 is 1.30 bits per heavy atom. The van der Waals surface area contributed by atoms with Gasteiger partial charge in [0.05, 0.1) is 3.39 Å². The number of hydrogen-bond donors (Lipinski definition) is 0. The molecule has 0 unspecified atom stereocenters. The van der Waals surface area contributed by atoms with Crippen LogP contribution in [-0.2, 0) is 0 Å². The van der Waals surface area contributed by atoms with Crippen molar-refractivity contribution in [1.82, 2.24) is 0 Å². The van der Waals surface area contributed by atoms with Gasteiger partial charge in [0, 0.05) is 0 Å². The first-order valence-corrected chi connectivity index (χ1v) is 5.32. The SMILES string of the molecule is BrC(Br)=CC1CC2(CC2)C1. The molecule has 0 amide bonds. The molecule has 0 bridgehead atoms. The van der Waals surface area contributed by atoms with E-state index in [-0.39, 0.29) is 0 Å². The Labute approximate surface area is 78.3 Å². The molecule has 0 N–H and O–H groups in total. The van der Waals surface area contributed by atoms with Crippen LogP contribution in [-0.4, -0.2) is 0 Å². The smallest absolute Gasteiger partial charge is 0.0567 e. The minimum atomic E-state index is 0.844. The summed E-state index contributed by atoms with van der Waals surface area (Å²) >= 11 is 6.77. The van der Waals surface area contributed by atoms with E-state index < -0.39 is 0 Å². The fourth-order valence-corrected chi connectivity index (χ4v) is 2.68. The van der Waals surface area contributed by atoms with E-state index >= 15 is 0 Å². The zero-order valence-electron chi connectivity index (χ0n) is 5.74. The molecule has 1 spiro atoms. The first-order chi connectivity index (χ1) is 4.70. The summed E-state index contributed by atoms with van der Waals surface area (Å²) in [6.07, 6.45) is 8.15. The minimum Gasteiger partial charge on any atom is -0.0600 e. The van der Waals surface area contributed by atoms with Gasteiger partial charge >= 0.3 is 0 Å². The summed E-state index contributed by atoms with van der Waals surface area (Å²) in [6, 6.07) is 0. The normalized spacial score (nSPS) is 27.8. The number of rotatable bonds is 1. The molecule has 0 saturated heterocycles. The molecule has 0 radical (unpaired) electrons. The van der Waals surface area contributed by atoms with E-state index in [0.717, 1.165) is 14.7 Å². The summed E-state index contributed by atoms with van der Waals surface area (Å²) in [5, 5.41) is 0. The molecule has 2 heteroatoms. The quantitative estimate of drug-likeness (QED) is 0.677. The first kappa shape index (κ1) is 7.35. The number of hydrogen-bond acceptors (Lipinski definition) is 0. The van der Waals surface area contributed by atoms with Gasteiger partial charge in [0.25, 0.3) is 0 Å². The molecule has 0 aromatic rings. The highest BCUT2D eigenvalue weighted by Gasteiger charge is 2.51. The van der Waals surface area contributed by atoms with Gasteiger partial charge in [-0.2, -0.15) is 0 Å². The Morgan fingerprint density at radius 3 is 2.30 bits per heavy atom. The van der Waals surface area contributed by atoms with Crippen LogP contribution >= 0.6 is 31.9 Å². The standard InChI is InChI=1S/C8H10Br2/c9-7(10)3-6-4-8(5-6)1-2-8/h3,6H,1-2,4-5H2. The van der Waals surface area contributed by atoms with E-state index in [4.69, 9.17) is 0 Å². The van der Waals surface area contributed by atoms with Gasteiger partial charge in [0.1, 0.15) is 0 Å². The second-order valence-electron chi connectivity index (χ2n) is 3.62. The fourth-order valence-electron chi connectivity index (χ4n) is 1.93. The van der Waals surface area contributed by atoms with E-state index in [1.54, 1.807) is 0 Å². The number of halogens is 2. The van der Waals surface area contributed by atoms with E-state index in [0.29, 0.717) is 0 Å². The topological polar surface area (TPSA) is 0 Å². The van der Waals surface area contributed by atoms with Crippen LogP contribution in [0.2, 0.25) is 0 Å². The maximum absolute atomic E-state index is 3.39. The molecule has 0 nitrogen and oxygen atoms in total.